The van der Waals surface area contributed by atoms with Gasteiger partial charge in [0.2, 0.25) is 0 Å². The zero-order valence-corrected chi connectivity index (χ0v) is 12.6. The van der Waals surface area contributed by atoms with E-state index in [0.29, 0.717) is 5.56 Å². The molecule has 0 aromatic heterocycles. The highest BCUT2D eigenvalue weighted by atomic mass is 79.9. The second kappa shape index (κ2) is 6.31. The van der Waals surface area contributed by atoms with E-state index < -0.39 is 0 Å². The fourth-order valence-corrected chi connectivity index (χ4v) is 2.40. The van der Waals surface area contributed by atoms with Crippen molar-refractivity contribution in [3.05, 3.63) is 69.9 Å². The van der Waals surface area contributed by atoms with Crippen LogP contribution in [-0.2, 0) is 0 Å². The fraction of sp³-hybridized carbons (Fsp3) is 0.250. The minimum absolute atomic E-state index is 0.0279. The highest BCUT2D eigenvalue weighted by Gasteiger charge is 2.13. The molecule has 1 unspecified atom stereocenters. The molecule has 2 rings (SSSR count). The van der Waals surface area contributed by atoms with E-state index in [1.54, 1.807) is 6.07 Å². The first kappa shape index (κ1) is 14.2. The van der Waals surface area contributed by atoms with Crippen molar-refractivity contribution >= 4 is 15.9 Å². The predicted octanol–water partition coefficient (Wildman–Crippen LogP) is 5.00. The topological polar surface area (TPSA) is 12.0 Å². The van der Waals surface area contributed by atoms with E-state index in [4.69, 9.17) is 0 Å². The van der Waals surface area contributed by atoms with Gasteiger partial charge in [-0.3, -0.25) is 0 Å². The molecule has 0 saturated carbocycles. The smallest absolute Gasteiger partial charge is 0.127 e. The molecular formula is C16H17BrFN. The molecule has 0 saturated heterocycles. The molecule has 0 radical (unpaired) electrons. The Morgan fingerprint density at radius 3 is 2.21 bits per heavy atom. The van der Waals surface area contributed by atoms with Crippen LogP contribution in [0.4, 0.5) is 4.39 Å². The first-order valence-corrected chi connectivity index (χ1v) is 7.13. The van der Waals surface area contributed by atoms with Crippen molar-refractivity contribution in [2.75, 3.05) is 0 Å². The molecule has 0 fully saturated rings. The lowest BCUT2D eigenvalue weighted by molar-refractivity contribution is 0.474. The van der Waals surface area contributed by atoms with Crippen LogP contribution in [0.15, 0.2) is 53.0 Å². The van der Waals surface area contributed by atoms with Crippen LogP contribution in [-0.4, -0.2) is 0 Å². The minimum atomic E-state index is -0.162. The fourth-order valence-electron chi connectivity index (χ4n) is 2.14. The van der Waals surface area contributed by atoms with E-state index in [-0.39, 0.29) is 17.9 Å². The van der Waals surface area contributed by atoms with Gasteiger partial charge in [0.15, 0.2) is 0 Å². The summed E-state index contributed by atoms with van der Waals surface area (Å²) in [6.07, 6.45) is 0. The predicted molar refractivity (Wildman–Crippen MR) is 80.5 cm³/mol. The molecule has 0 spiro atoms. The van der Waals surface area contributed by atoms with Crippen molar-refractivity contribution in [3.63, 3.8) is 0 Å². The SMILES string of the molecule is CC(N[C@@H](C)c1ccc(Br)cc1)c1ccccc1F. The molecule has 2 atom stereocenters. The van der Waals surface area contributed by atoms with Crippen molar-refractivity contribution in [1.29, 1.82) is 0 Å². The Morgan fingerprint density at radius 1 is 0.947 bits per heavy atom. The average molecular weight is 322 g/mol. The average Bonchev–Trinajstić information content (AvgIpc) is 2.39. The summed E-state index contributed by atoms with van der Waals surface area (Å²) in [7, 11) is 0. The largest absolute Gasteiger partial charge is 0.304 e. The zero-order valence-electron chi connectivity index (χ0n) is 11.0. The van der Waals surface area contributed by atoms with E-state index >= 15 is 0 Å². The number of halogens is 2. The van der Waals surface area contributed by atoms with Crippen molar-refractivity contribution in [2.24, 2.45) is 0 Å². The van der Waals surface area contributed by atoms with Gasteiger partial charge in [0.05, 0.1) is 0 Å². The second-order valence-electron chi connectivity index (χ2n) is 4.68. The van der Waals surface area contributed by atoms with Crippen molar-refractivity contribution in [2.45, 2.75) is 25.9 Å². The molecule has 1 nitrogen and oxygen atoms in total. The van der Waals surface area contributed by atoms with Gasteiger partial charge in [-0.1, -0.05) is 46.3 Å². The molecule has 3 heteroatoms. The lowest BCUT2D eigenvalue weighted by Gasteiger charge is -2.21. The third-order valence-corrected chi connectivity index (χ3v) is 3.77. The molecule has 2 aromatic rings. The molecule has 0 aliphatic carbocycles. The standard InChI is InChI=1S/C16H17BrFN/c1-11(13-7-9-14(17)10-8-13)19-12(2)15-5-3-4-6-16(15)18/h3-12,19H,1-2H3/t11-,12?/m0/s1. The first-order valence-electron chi connectivity index (χ1n) is 6.34. The molecule has 2 aromatic carbocycles. The third kappa shape index (κ3) is 3.64. The molecule has 0 aliphatic heterocycles. The Bertz CT molecular complexity index is 539. The van der Waals surface area contributed by atoms with Crippen LogP contribution < -0.4 is 5.32 Å². The van der Waals surface area contributed by atoms with Crippen LogP contribution in [0.25, 0.3) is 0 Å². The minimum Gasteiger partial charge on any atom is -0.304 e. The lowest BCUT2D eigenvalue weighted by Crippen LogP contribution is -2.23. The number of hydrogen-bond donors (Lipinski definition) is 1. The van der Waals surface area contributed by atoms with Crippen LogP contribution in [0.5, 0.6) is 0 Å². The first-order chi connectivity index (χ1) is 9.08. The zero-order chi connectivity index (χ0) is 13.8. The summed E-state index contributed by atoms with van der Waals surface area (Å²) >= 11 is 3.42. The number of benzene rings is 2. The molecule has 0 aliphatic rings. The molecular weight excluding hydrogens is 305 g/mol. The summed E-state index contributed by atoms with van der Waals surface area (Å²) in [5, 5.41) is 3.42. The monoisotopic (exact) mass is 321 g/mol. The Balaban J connectivity index is 2.08. The molecule has 0 bridgehead atoms. The van der Waals surface area contributed by atoms with Gasteiger partial charge < -0.3 is 5.32 Å². The molecule has 0 amide bonds. The summed E-state index contributed by atoms with van der Waals surface area (Å²) in [6.45, 7) is 4.06. The molecule has 100 valence electrons. The van der Waals surface area contributed by atoms with Gasteiger partial charge in [-0.25, -0.2) is 4.39 Å². The van der Waals surface area contributed by atoms with E-state index in [1.807, 2.05) is 31.2 Å². The molecule has 19 heavy (non-hydrogen) atoms. The van der Waals surface area contributed by atoms with Crippen LogP contribution in [0, 0.1) is 5.82 Å². The van der Waals surface area contributed by atoms with Crippen molar-refractivity contribution in [1.82, 2.24) is 5.32 Å². The van der Waals surface area contributed by atoms with E-state index in [9.17, 15) is 4.39 Å². The number of rotatable bonds is 4. The van der Waals surface area contributed by atoms with Gasteiger partial charge >= 0.3 is 0 Å². The van der Waals surface area contributed by atoms with E-state index in [0.717, 1.165) is 4.47 Å². The highest BCUT2D eigenvalue weighted by molar-refractivity contribution is 9.10. The maximum Gasteiger partial charge on any atom is 0.127 e. The third-order valence-electron chi connectivity index (χ3n) is 3.24. The summed E-state index contributed by atoms with van der Waals surface area (Å²) in [5.41, 5.74) is 1.89. The lowest BCUT2D eigenvalue weighted by atomic mass is 10.0. The highest BCUT2D eigenvalue weighted by Crippen LogP contribution is 2.22. The summed E-state index contributed by atoms with van der Waals surface area (Å²) in [5.74, 6) is -0.162. The quantitative estimate of drug-likeness (QED) is 0.835. The number of nitrogens with one attached hydrogen (secondary N) is 1. The van der Waals surface area contributed by atoms with Gasteiger partial charge in [0.25, 0.3) is 0 Å². The molecule has 1 N–H and O–H groups in total. The van der Waals surface area contributed by atoms with Gasteiger partial charge in [0, 0.05) is 22.1 Å². The van der Waals surface area contributed by atoms with E-state index in [2.05, 4.69) is 40.3 Å². The summed E-state index contributed by atoms with van der Waals surface area (Å²) in [4.78, 5) is 0. The van der Waals surface area contributed by atoms with Crippen molar-refractivity contribution < 1.29 is 4.39 Å². The second-order valence-corrected chi connectivity index (χ2v) is 5.60. The Hall–Kier alpha value is -1.19. The summed E-state index contributed by atoms with van der Waals surface area (Å²) in [6, 6.07) is 15.2. The van der Waals surface area contributed by atoms with Crippen LogP contribution in [0.2, 0.25) is 0 Å². The van der Waals surface area contributed by atoms with Gasteiger partial charge in [-0.15, -0.1) is 0 Å². The van der Waals surface area contributed by atoms with Crippen LogP contribution in [0.3, 0.4) is 0 Å². The Labute approximate surface area is 122 Å². The molecule has 0 heterocycles. The van der Waals surface area contributed by atoms with Gasteiger partial charge in [0.1, 0.15) is 5.82 Å². The Morgan fingerprint density at radius 2 is 1.58 bits per heavy atom. The number of hydrogen-bond acceptors (Lipinski definition) is 1. The van der Waals surface area contributed by atoms with Gasteiger partial charge in [-0.05, 0) is 37.6 Å². The van der Waals surface area contributed by atoms with Crippen molar-refractivity contribution in [3.8, 4) is 0 Å². The van der Waals surface area contributed by atoms with E-state index in [1.165, 1.54) is 11.6 Å². The van der Waals surface area contributed by atoms with Gasteiger partial charge in [-0.2, -0.15) is 0 Å². The van der Waals surface area contributed by atoms with Crippen LogP contribution in [0.1, 0.15) is 37.1 Å². The normalized spacial score (nSPS) is 14.1. The summed E-state index contributed by atoms with van der Waals surface area (Å²) < 4.78 is 14.8. The van der Waals surface area contributed by atoms with Crippen LogP contribution >= 0.6 is 15.9 Å². The maximum absolute atomic E-state index is 13.7. The maximum atomic E-state index is 13.7. The Kier molecular flexibility index (Phi) is 4.72.